The summed E-state index contributed by atoms with van der Waals surface area (Å²) in [6.45, 7) is 1.53. The van der Waals surface area contributed by atoms with Gasteiger partial charge in [0, 0.05) is 11.9 Å². The van der Waals surface area contributed by atoms with Gasteiger partial charge in [-0.3, -0.25) is 4.90 Å². The molecule has 1 heterocycles. The average Bonchev–Trinajstić information content (AvgIpc) is 2.48. The highest BCUT2D eigenvalue weighted by Gasteiger charge is 2.07. The first-order valence-corrected chi connectivity index (χ1v) is 6.96. The second-order valence-corrected chi connectivity index (χ2v) is 5.20. The number of hydrogen-bond acceptors (Lipinski definition) is 4. The van der Waals surface area contributed by atoms with E-state index in [1.807, 2.05) is 42.5 Å². The van der Waals surface area contributed by atoms with Crippen LogP contribution in [0, 0.1) is 0 Å². The minimum Gasteiger partial charge on any atom is -0.383 e. The molecule has 0 radical (unpaired) electrons. The molecule has 1 aromatic heterocycles. The van der Waals surface area contributed by atoms with E-state index in [9.17, 15) is 0 Å². The van der Waals surface area contributed by atoms with E-state index in [1.54, 1.807) is 0 Å². The molecule has 2 aromatic carbocycles. The monoisotopic (exact) mass is 278 g/mol. The smallest absolute Gasteiger partial charge is 0.145 e. The Kier molecular flexibility index (Phi) is 3.79. The van der Waals surface area contributed by atoms with Crippen molar-refractivity contribution in [2.45, 2.75) is 13.1 Å². The van der Waals surface area contributed by atoms with Crippen LogP contribution in [0.25, 0.3) is 10.9 Å². The lowest BCUT2D eigenvalue weighted by Crippen LogP contribution is -2.19. The van der Waals surface area contributed by atoms with Gasteiger partial charge >= 0.3 is 0 Å². The third-order valence-corrected chi connectivity index (χ3v) is 3.39. The number of nitrogen functional groups attached to an aromatic ring is 1. The average molecular weight is 278 g/mol. The second-order valence-electron chi connectivity index (χ2n) is 5.20. The van der Waals surface area contributed by atoms with Crippen molar-refractivity contribution in [1.82, 2.24) is 14.9 Å². The molecule has 0 saturated heterocycles. The number of nitrogens with two attached hydrogens (primary N) is 1. The fourth-order valence-electron chi connectivity index (χ4n) is 2.41. The van der Waals surface area contributed by atoms with Crippen LogP contribution in [0.15, 0.2) is 54.6 Å². The molecule has 0 atom stereocenters. The zero-order valence-electron chi connectivity index (χ0n) is 12.0. The van der Waals surface area contributed by atoms with Crippen molar-refractivity contribution in [2.75, 3.05) is 12.8 Å². The van der Waals surface area contributed by atoms with Crippen molar-refractivity contribution >= 4 is 16.7 Å². The van der Waals surface area contributed by atoms with Crippen molar-refractivity contribution in [3.63, 3.8) is 0 Å². The van der Waals surface area contributed by atoms with E-state index >= 15 is 0 Å². The highest BCUT2D eigenvalue weighted by Crippen LogP contribution is 2.17. The van der Waals surface area contributed by atoms with Crippen LogP contribution in [0.5, 0.6) is 0 Å². The van der Waals surface area contributed by atoms with Crippen molar-refractivity contribution in [2.24, 2.45) is 0 Å². The van der Waals surface area contributed by atoms with Gasteiger partial charge in [-0.2, -0.15) is 0 Å². The predicted octanol–water partition coefficient (Wildman–Crippen LogP) is 2.84. The normalized spacial score (nSPS) is 11.1. The third kappa shape index (κ3) is 3.17. The summed E-state index contributed by atoms with van der Waals surface area (Å²) in [6, 6.07) is 18.2. The van der Waals surface area contributed by atoms with Gasteiger partial charge in [-0.15, -0.1) is 0 Å². The Bertz CT molecular complexity index is 740. The molecule has 3 rings (SSSR count). The van der Waals surface area contributed by atoms with E-state index in [2.05, 4.69) is 34.0 Å². The Morgan fingerprint density at radius 3 is 2.43 bits per heavy atom. The first-order chi connectivity index (χ1) is 10.2. The van der Waals surface area contributed by atoms with E-state index in [0.29, 0.717) is 12.4 Å². The molecule has 2 N–H and O–H groups in total. The van der Waals surface area contributed by atoms with Crippen molar-refractivity contribution in [1.29, 1.82) is 0 Å². The van der Waals surface area contributed by atoms with Crippen LogP contribution in [0.1, 0.15) is 11.4 Å². The molecule has 3 aromatic rings. The second kappa shape index (κ2) is 5.89. The quantitative estimate of drug-likeness (QED) is 0.797. The number of para-hydroxylation sites is 1. The lowest BCUT2D eigenvalue weighted by Gasteiger charge is -2.16. The molecule has 0 saturated carbocycles. The maximum Gasteiger partial charge on any atom is 0.145 e. The summed E-state index contributed by atoms with van der Waals surface area (Å²) in [4.78, 5) is 11.2. The first kappa shape index (κ1) is 13.5. The third-order valence-electron chi connectivity index (χ3n) is 3.39. The maximum absolute atomic E-state index is 6.02. The molecule has 0 spiro atoms. The van der Waals surface area contributed by atoms with E-state index in [4.69, 9.17) is 5.73 Å². The van der Waals surface area contributed by atoms with Crippen LogP contribution in [0.4, 0.5) is 5.82 Å². The van der Waals surface area contributed by atoms with Gasteiger partial charge in [0.1, 0.15) is 11.6 Å². The molecule has 0 aliphatic heterocycles. The van der Waals surface area contributed by atoms with E-state index in [1.165, 1.54) is 5.56 Å². The fraction of sp³-hybridized carbons (Fsp3) is 0.176. The Balaban J connectivity index is 1.78. The number of nitrogens with zero attached hydrogens (tertiary/aromatic N) is 3. The van der Waals surface area contributed by atoms with Gasteiger partial charge in [0.15, 0.2) is 0 Å². The van der Waals surface area contributed by atoms with Gasteiger partial charge < -0.3 is 5.73 Å². The molecule has 0 aliphatic rings. The summed E-state index contributed by atoms with van der Waals surface area (Å²) in [5, 5.41) is 0.909. The summed E-state index contributed by atoms with van der Waals surface area (Å²) in [5.41, 5.74) is 8.18. The molecule has 0 bridgehead atoms. The van der Waals surface area contributed by atoms with Crippen LogP contribution < -0.4 is 5.73 Å². The Morgan fingerprint density at radius 1 is 0.905 bits per heavy atom. The lowest BCUT2D eigenvalue weighted by molar-refractivity contribution is 0.311. The minimum absolute atomic E-state index is 0.545. The number of fused-ring (bicyclic) bond motifs is 1. The Hall–Kier alpha value is -2.46. The number of rotatable bonds is 4. The largest absolute Gasteiger partial charge is 0.383 e. The zero-order chi connectivity index (χ0) is 14.7. The number of hydrogen-bond donors (Lipinski definition) is 1. The highest BCUT2D eigenvalue weighted by molar-refractivity contribution is 5.87. The first-order valence-electron chi connectivity index (χ1n) is 6.96. The lowest BCUT2D eigenvalue weighted by atomic mass is 10.2. The van der Waals surface area contributed by atoms with Gasteiger partial charge in [0.2, 0.25) is 0 Å². The van der Waals surface area contributed by atoms with Gasteiger partial charge in [-0.25, -0.2) is 9.97 Å². The molecule has 0 aliphatic carbocycles. The predicted molar refractivity (Wildman–Crippen MR) is 85.6 cm³/mol. The van der Waals surface area contributed by atoms with Gasteiger partial charge in [0.25, 0.3) is 0 Å². The summed E-state index contributed by atoms with van der Waals surface area (Å²) in [5.74, 6) is 1.30. The topological polar surface area (TPSA) is 55.0 Å². The zero-order valence-corrected chi connectivity index (χ0v) is 12.0. The molecule has 4 nitrogen and oxygen atoms in total. The maximum atomic E-state index is 6.02. The molecule has 0 unspecified atom stereocenters. The molecule has 0 amide bonds. The minimum atomic E-state index is 0.545. The SMILES string of the molecule is CN(Cc1ccccc1)Cc1nc(N)c2ccccc2n1. The Morgan fingerprint density at radius 2 is 1.62 bits per heavy atom. The molecular weight excluding hydrogens is 260 g/mol. The standard InChI is InChI=1S/C17H18N4/c1-21(11-13-7-3-2-4-8-13)12-16-19-15-10-6-5-9-14(15)17(18)20-16/h2-10H,11-12H2,1H3,(H2,18,19,20). The van der Waals surface area contributed by atoms with Crippen LogP contribution in [0.3, 0.4) is 0 Å². The van der Waals surface area contributed by atoms with Gasteiger partial charge in [-0.05, 0) is 24.7 Å². The number of benzene rings is 2. The van der Waals surface area contributed by atoms with Gasteiger partial charge in [-0.1, -0.05) is 42.5 Å². The summed E-state index contributed by atoms with van der Waals surface area (Å²) < 4.78 is 0. The molecule has 0 fully saturated rings. The van der Waals surface area contributed by atoms with Crippen LogP contribution in [0.2, 0.25) is 0 Å². The van der Waals surface area contributed by atoms with Crippen molar-refractivity contribution < 1.29 is 0 Å². The van der Waals surface area contributed by atoms with E-state index in [0.717, 1.165) is 23.3 Å². The van der Waals surface area contributed by atoms with Crippen LogP contribution >= 0.6 is 0 Å². The van der Waals surface area contributed by atoms with Crippen LogP contribution in [-0.2, 0) is 13.1 Å². The van der Waals surface area contributed by atoms with Crippen molar-refractivity contribution in [3.8, 4) is 0 Å². The summed E-state index contributed by atoms with van der Waals surface area (Å²) in [7, 11) is 2.06. The highest BCUT2D eigenvalue weighted by atomic mass is 15.1. The summed E-state index contributed by atoms with van der Waals surface area (Å²) in [6.07, 6.45) is 0. The molecular formula is C17H18N4. The fourth-order valence-corrected chi connectivity index (χ4v) is 2.41. The van der Waals surface area contributed by atoms with Crippen LogP contribution in [-0.4, -0.2) is 21.9 Å². The van der Waals surface area contributed by atoms with Crippen molar-refractivity contribution in [3.05, 3.63) is 66.0 Å². The Labute approximate surface area is 124 Å². The summed E-state index contributed by atoms with van der Waals surface area (Å²) >= 11 is 0. The van der Waals surface area contributed by atoms with Gasteiger partial charge in [0.05, 0.1) is 12.1 Å². The number of anilines is 1. The molecule has 106 valence electrons. The van der Waals surface area contributed by atoms with E-state index < -0.39 is 0 Å². The number of aromatic nitrogens is 2. The molecule has 4 heteroatoms. The van der Waals surface area contributed by atoms with E-state index in [-0.39, 0.29) is 0 Å². The molecule has 21 heavy (non-hydrogen) atoms.